The highest BCUT2D eigenvalue weighted by atomic mass is 19.1. The number of rotatable bonds is 4. The molecule has 1 unspecified atom stereocenters. The summed E-state index contributed by atoms with van der Waals surface area (Å²) >= 11 is 0. The van der Waals surface area contributed by atoms with Crippen LogP contribution in [0.5, 0.6) is 11.5 Å². The maximum absolute atomic E-state index is 13.4. The maximum atomic E-state index is 13.4. The van der Waals surface area contributed by atoms with Crippen LogP contribution in [-0.2, 0) is 11.3 Å². The molecule has 2 aliphatic rings. The van der Waals surface area contributed by atoms with Crippen molar-refractivity contribution in [2.24, 2.45) is 0 Å². The standard InChI is InChI=1S/C19H18FNO3/c20-14-5-3-4-13(10-14)11-21(15-8-9-15)19(22)18-12-23-16-6-1-2-7-17(16)24-18/h1-7,10,15,18H,8-9,11-12H2. The van der Waals surface area contributed by atoms with Crippen molar-refractivity contribution in [3.63, 3.8) is 0 Å². The minimum Gasteiger partial charge on any atom is -0.485 e. The molecule has 124 valence electrons. The summed E-state index contributed by atoms with van der Waals surface area (Å²) in [4.78, 5) is 14.7. The average Bonchev–Trinajstić information content (AvgIpc) is 3.44. The number of hydrogen-bond acceptors (Lipinski definition) is 3. The summed E-state index contributed by atoms with van der Waals surface area (Å²) in [6, 6.07) is 13.9. The third kappa shape index (κ3) is 3.07. The van der Waals surface area contributed by atoms with Crippen molar-refractivity contribution in [3.8, 4) is 11.5 Å². The molecule has 0 N–H and O–H groups in total. The highest BCUT2D eigenvalue weighted by molar-refractivity contribution is 5.82. The number of hydrogen-bond donors (Lipinski definition) is 0. The van der Waals surface area contributed by atoms with Crippen LogP contribution >= 0.6 is 0 Å². The second-order valence-electron chi connectivity index (χ2n) is 6.19. The lowest BCUT2D eigenvalue weighted by molar-refractivity contribution is -0.142. The number of carbonyl (C=O) groups excluding carboxylic acids is 1. The first-order chi connectivity index (χ1) is 11.7. The largest absolute Gasteiger partial charge is 0.485 e. The maximum Gasteiger partial charge on any atom is 0.267 e. The molecule has 5 heteroatoms. The molecule has 0 saturated heterocycles. The third-order valence-corrected chi connectivity index (χ3v) is 4.30. The number of carbonyl (C=O) groups is 1. The van der Waals surface area contributed by atoms with E-state index in [1.807, 2.05) is 24.3 Å². The molecule has 1 aliphatic heterocycles. The van der Waals surface area contributed by atoms with Gasteiger partial charge in [0.25, 0.3) is 5.91 Å². The van der Waals surface area contributed by atoms with Gasteiger partial charge in [0, 0.05) is 12.6 Å². The predicted octanol–water partition coefficient (Wildman–Crippen LogP) is 3.16. The van der Waals surface area contributed by atoms with Crippen LogP contribution in [0, 0.1) is 5.82 Å². The number of halogens is 1. The van der Waals surface area contributed by atoms with Crippen LogP contribution in [0.25, 0.3) is 0 Å². The fourth-order valence-electron chi connectivity index (χ4n) is 2.93. The first-order valence-corrected chi connectivity index (χ1v) is 8.14. The Morgan fingerprint density at radius 1 is 1.12 bits per heavy atom. The fourth-order valence-corrected chi connectivity index (χ4v) is 2.93. The zero-order valence-electron chi connectivity index (χ0n) is 13.2. The second-order valence-corrected chi connectivity index (χ2v) is 6.19. The Hall–Kier alpha value is -2.56. The molecule has 1 amide bonds. The summed E-state index contributed by atoms with van der Waals surface area (Å²) < 4.78 is 24.9. The fraction of sp³-hybridized carbons (Fsp3) is 0.316. The van der Waals surface area contributed by atoms with Crippen molar-refractivity contribution in [2.45, 2.75) is 31.5 Å². The molecular formula is C19H18FNO3. The van der Waals surface area contributed by atoms with Crippen LogP contribution in [0.15, 0.2) is 48.5 Å². The van der Waals surface area contributed by atoms with Crippen LogP contribution in [0.2, 0.25) is 0 Å². The Morgan fingerprint density at radius 3 is 2.67 bits per heavy atom. The van der Waals surface area contributed by atoms with Gasteiger partial charge in [-0.1, -0.05) is 24.3 Å². The number of nitrogens with zero attached hydrogens (tertiary/aromatic N) is 1. The molecule has 1 aliphatic carbocycles. The van der Waals surface area contributed by atoms with Crippen molar-refractivity contribution < 1.29 is 18.7 Å². The number of para-hydroxylation sites is 2. The van der Waals surface area contributed by atoms with Crippen LogP contribution in [0.3, 0.4) is 0 Å². The van der Waals surface area contributed by atoms with Crippen molar-refractivity contribution in [1.82, 2.24) is 4.90 Å². The summed E-state index contributed by atoms with van der Waals surface area (Å²) in [7, 11) is 0. The molecule has 4 nitrogen and oxygen atoms in total. The number of ether oxygens (including phenoxy) is 2. The van der Waals surface area contributed by atoms with Crippen molar-refractivity contribution >= 4 is 5.91 Å². The van der Waals surface area contributed by atoms with Gasteiger partial charge in [-0.3, -0.25) is 4.79 Å². The van der Waals surface area contributed by atoms with Gasteiger partial charge in [-0.25, -0.2) is 4.39 Å². The molecule has 1 fully saturated rings. The van der Waals surface area contributed by atoms with E-state index in [0.717, 1.165) is 18.4 Å². The minimum absolute atomic E-state index is 0.101. The first kappa shape index (κ1) is 15.0. The SMILES string of the molecule is O=C(C1COc2ccccc2O1)N(Cc1cccc(F)c1)C1CC1. The summed E-state index contributed by atoms with van der Waals surface area (Å²) in [6.45, 7) is 0.588. The molecule has 24 heavy (non-hydrogen) atoms. The Labute approximate surface area is 139 Å². The lowest BCUT2D eigenvalue weighted by Crippen LogP contribution is -2.47. The molecule has 2 aromatic carbocycles. The van der Waals surface area contributed by atoms with Gasteiger partial charge in [-0.2, -0.15) is 0 Å². The highest BCUT2D eigenvalue weighted by Crippen LogP contribution is 2.34. The quantitative estimate of drug-likeness (QED) is 0.866. The van der Waals surface area contributed by atoms with Gasteiger partial charge in [0.2, 0.25) is 6.10 Å². The molecule has 0 bridgehead atoms. The van der Waals surface area contributed by atoms with E-state index in [0.29, 0.717) is 18.0 Å². The van der Waals surface area contributed by atoms with E-state index in [2.05, 4.69) is 0 Å². The normalized spacial score (nSPS) is 19.0. The number of fused-ring (bicyclic) bond motifs is 1. The number of amides is 1. The van der Waals surface area contributed by atoms with Gasteiger partial charge in [-0.15, -0.1) is 0 Å². The van der Waals surface area contributed by atoms with Crippen LogP contribution in [0.1, 0.15) is 18.4 Å². The van der Waals surface area contributed by atoms with Crippen LogP contribution < -0.4 is 9.47 Å². The highest BCUT2D eigenvalue weighted by Gasteiger charge is 2.38. The Balaban J connectivity index is 1.51. The van der Waals surface area contributed by atoms with E-state index in [1.54, 1.807) is 17.0 Å². The molecule has 0 aromatic heterocycles. The summed E-state index contributed by atoms with van der Waals surface area (Å²) in [5.41, 5.74) is 0.785. The van der Waals surface area contributed by atoms with E-state index in [-0.39, 0.29) is 24.4 Å². The van der Waals surface area contributed by atoms with E-state index < -0.39 is 6.10 Å². The predicted molar refractivity (Wildman–Crippen MR) is 86.3 cm³/mol. The van der Waals surface area contributed by atoms with Gasteiger partial charge < -0.3 is 14.4 Å². The third-order valence-electron chi connectivity index (χ3n) is 4.30. The molecule has 0 radical (unpaired) electrons. The molecule has 1 saturated carbocycles. The Bertz CT molecular complexity index is 760. The average molecular weight is 327 g/mol. The zero-order valence-corrected chi connectivity index (χ0v) is 13.2. The smallest absolute Gasteiger partial charge is 0.267 e. The van der Waals surface area contributed by atoms with Crippen molar-refractivity contribution in [2.75, 3.05) is 6.61 Å². The van der Waals surface area contributed by atoms with Crippen LogP contribution in [-0.4, -0.2) is 29.6 Å². The van der Waals surface area contributed by atoms with Crippen molar-refractivity contribution in [3.05, 3.63) is 59.9 Å². The number of benzene rings is 2. The molecule has 1 heterocycles. The molecule has 1 atom stereocenters. The molecule has 4 rings (SSSR count). The lowest BCUT2D eigenvalue weighted by Gasteiger charge is -2.31. The zero-order chi connectivity index (χ0) is 16.5. The lowest BCUT2D eigenvalue weighted by atomic mass is 10.2. The van der Waals surface area contributed by atoms with Gasteiger partial charge in [-0.05, 0) is 42.7 Å². The summed E-state index contributed by atoms with van der Waals surface area (Å²) in [6.07, 6.45) is 1.30. The topological polar surface area (TPSA) is 38.8 Å². The van der Waals surface area contributed by atoms with Gasteiger partial charge >= 0.3 is 0 Å². The van der Waals surface area contributed by atoms with E-state index >= 15 is 0 Å². The molecule has 2 aromatic rings. The van der Waals surface area contributed by atoms with Gasteiger partial charge in [0.15, 0.2) is 11.5 Å². The Morgan fingerprint density at radius 2 is 1.92 bits per heavy atom. The molecule has 0 spiro atoms. The van der Waals surface area contributed by atoms with E-state index in [1.165, 1.54) is 12.1 Å². The van der Waals surface area contributed by atoms with Gasteiger partial charge in [0.05, 0.1) is 0 Å². The van der Waals surface area contributed by atoms with Gasteiger partial charge in [0.1, 0.15) is 12.4 Å². The summed E-state index contributed by atoms with van der Waals surface area (Å²) in [5, 5.41) is 0. The molecular weight excluding hydrogens is 309 g/mol. The van der Waals surface area contributed by atoms with E-state index in [9.17, 15) is 9.18 Å². The van der Waals surface area contributed by atoms with E-state index in [4.69, 9.17) is 9.47 Å². The minimum atomic E-state index is -0.658. The second kappa shape index (κ2) is 6.15. The first-order valence-electron chi connectivity index (χ1n) is 8.14. The van der Waals surface area contributed by atoms with Crippen LogP contribution in [0.4, 0.5) is 4.39 Å². The monoisotopic (exact) mass is 327 g/mol. The Kier molecular flexibility index (Phi) is 3.84. The summed E-state index contributed by atoms with van der Waals surface area (Å²) in [5.74, 6) is 0.853. The van der Waals surface area contributed by atoms with Crippen molar-refractivity contribution in [1.29, 1.82) is 0 Å².